The lowest BCUT2D eigenvalue weighted by Gasteiger charge is -2.30. The molecule has 0 spiro atoms. The molecule has 3 N–H and O–H groups in total. The van der Waals surface area contributed by atoms with E-state index in [9.17, 15) is 14.4 Å². The van der Waals surface area contributed by atoms with Gasteiger partial charge in [0.1, 0.15) is 11.6 Å². The van der Waals surface area contributed by atoms with Crippen molar-refractivity contribution >= 4 is 29.4 Å². The number of Topliss-reactive ketones (excluding diaryl/α,β-unsaturated/α-hetero) is 1. The predicted octanol–water partition coefficient (Wildman–Crippen LogP) is 2.54. The van der Waals surface area contributed by atoms with Gasteiger partial charge in [-0.3, -0.25) is 9.59 Å². The van der Waals surface area contributed by atoms with Crippen molar-refractivity contribution in [1.82, 2.24) is 16.1 Å². The summed E-state index contributed by atoms with van der Waals surface area (Å²) in [6.07, 6.45) is 0.988. The van der Waals surface area contributed by atoms with E-state index in [0.29, 0.717) is 26.0 Å². The van der Waals surface area contributed by atoms with Gasteiger partial charge in [0.05, 0.1) is 18.5 Å². The smallest absolute Gasteiger partial charge is 0.408 e. The fourth-order valence-electron chi connectivity index (χ4n) is 3.02. The Kier molecular flexibility index (Phi) is 9.85. The van der Waals surface area contributed by atoms with Crippen LogP contribution in [0.4, 0.5) is 4.79 Å². The molecule has 0 aromatic carbocycles. The number of hydrogen-bond acceptors (Lipinski definition) is 6. The summed E-state index contributed by atoms with van der Waals surface area (Å²) >= 11 is 5.76. The number of carbonyl (C=O) groups is 3. The van der Waals surface area contributed by atoms with Crippen molar-refractivity contribution in [3.8, 4) is 0 Å². The Balaban J connectivity index is 2.86. The molecule has 1 saturated heterocycles. The number of hydrogen-bond donors (Lipinski definition) is 3. The number of ketones is 1. The maximum atomic E-state index is 13.0. The third-order valence-electron chi connectivity index (χ3n) is 4.31. The minimum Gasteiger partial charge on any atom is -0.444 e. The van der Waals surface area contributed by atoms with Crippen LogP contribution in [0, 0.1) is 11.3 Å². The molecular formula is C20H36ClN3O5. The Morgan fingerprint density at radius 2 is 1.79 bits per heavy atom. The molecule has 0 aliphatic carbocycles. The molecule has 1 fully saturated rings. The summed E-state index contributed by atoms with van der Waals surface area (Å²) in [6, 6.07) is -1.56. The highest BCUT2D eigenvalue weighted by Crippen LogP contribution is 2.22. The van der Waals surface area contributed by atoms with Crippen molar-refractivity contribution in [2.24, 2.45) is 11.3 Å². The highest BCUT2D eigenvalue weighted by atomic mass is 35.5. The number of halogens is 1. The first-order valence-electron chi connectivity index (χ1n) is 10.0. The van der Waals surface area contributed by atoms with Gasteiger partial charge in [-0.2, -0.15) is 0 Å². The molecule has 0 saturated carbocycles. The van der Waals surface area contributed by atoms with E-state index in [0.717, 1.165) is 6.42 Å². The van der Waals surface area contributed by atoms with E-state index in [1.54, 1.807) is 20.8 Å². The van der Waals surface area contributed by atoms with E-state index in [-0.39, 0.29) is 23.0 Å². The summed E-state index contributed by atoms with van der Waals surface area (Å²) in [6.45, 7) is 12.3. The Morgan fingerprint density at radius 3 is 2.28 bits per heavy atom. The maximum absolute atomic E-state index is 13.0. The van der Waals surface area contributed by atoms with E-state index in [1.807, 2.05) is 20.8 Å². The third-order valence-corrected chi connectivity index (χ3v) is 4.57. The molecular weight excluding hydrogens is 398 g/mol. The van der Waals surface area contributed by atoms with Gasteiger partial charge in [0.25, 0.3) is 0 Å². The van der Waals surface area contributed by atoms with Gasteiger partial charge in [-0.1, -0.05) is 20.8 Å². The van der Waals surface area contributed by atoms with Crippen LogP contribution in [0.3, 0.4) is 0 Å². The number of amides is 2. The molecule has 1 aliphatic rings. The highest BCUT2D eigenvalue weighted by molar-refractivity contribution is 6.28. The predicted molar refractivity (Wildman–Crippen MR) is 112 cm³/mol. The molecule has 2 amide bonds. The molecule has 0 aromatic rings. The van der Waals surface area contributed by atoms with E-state index in [4.69, 9.17) is 21.2 Å². The average Bonchev–Trinajstić information content (AvgIpc) is 2.57. The summed E-state index contributed by atoms with van der Waals surface area (Å²) < 4.78 is 5.29. The molecule has 1 heterocycles. The number of alkyl carbamates (subject to hydrolysis) is 1. The van der Waals surface area contributed by atoms with Gasteiger partial charge in [-0.15, -0.1) is 11.6 Å². The first kappa shape index (κ1) is 25.7. The van der Waals surface area contributed by atoms with E-state index >= 15 is 0 Å². The quantitative estimate of drug-likeness (QED) is 0.508. The van der Waals surface area contributed by atoms with Crippen LogP contribution in [0.5, 0.6) is 0 Å². The monoisotopic (exact) mass is 433 g/mol. The minimum atomic E-state index is -0.834. The first-order chi connectivity index (χ1) is 13.3. The fraction of sp³-hybridized carbons (Fsp3) is 0.850. The molecule has 0 bridgehead atoms. The number of rotatable bonds is 8. The lowest BCUT2D eigenvalue weighted by Crippen LogP contribution is -2.54. The second-order valence-electron chi connectivity index (χ2n) is 9.72. The molecule has 1 rings (SSSR count). The lowest BCUT2D eigenvalue weighted by molar-refractivity contribution is -0.129. The lowest BCUT2D eigenvalue weighted by atomic mass is 9.87. The highest BCUT2D eigenvalue weighted by Gasteiger charge is 2.32. The number of ether oxygens (including phenoxy) is 1. The van der Waals surface area contributed by atoms with Crippen molar-refractivity contribution < 1.29 is 24.0 Å². The SMILES string of the molecule is CC(C)(C)C[C@H](NC(=O)OC(C)(C)C)C(=O)NC(CC1CCNOC1)C(=O)CCl. The Morgan fingerprint density at radius 1 is 1.14 bits per heavy atom. The first-order valence-corrected chi connectivity index (χ1v) is 10.6. The van der Waals surface area contributed by atoms with E-state index in [2.05, 4.69) is 16.1 Å². The molecule has 1 aliphatic heterocycles. The van der Waals surface area contributed by atoms with Gasteiger partial charge < -0.3 is 20.2 Å². The van der Waals surface area contributed by atoms with Crippen molar-refractivity contribution in [3.63, 3.8) is 0 Å². The van der Waals surface area contributed by atoms with Gasteiger partial charge in [0.15, 0.2) is 5.78 Å². The van der Waals surface area contributed by atoms with Crippen LogP contribution < -0.4 is 16.1 Å². The topological polar surface area (TPSA) is 106 Å². The zero-order valence-corrected chi connectivity index (χ0v) is 19.1. The number of hydroxylamine groups is 1. The minimum absolute atomic E-state index is 0.133. The zero-order chi connectivity index (χ0) is 22.2. The van der Waals surface area contributed by atoms with Crippen molar-refractivity contribution in [1.29, 1.82) is 0 Å². The van der Waals surface area contributed by atoms with Crippen LogP contribution in [0.1, 0.15) is 60.8 Å². The summed E-state index contributed by atoms with van der Waals surface area (Å²) in [7, 11) is 0. The molecule has 2 unspecified atom stereocenters. The van der Waals surface area contributed by atoms with Crippen LogP contribution in [0.15, 0.2) is 0 Å². The van der Waals surface area contributed by atoms with Gasteiger partial charge in [0.2, 0.25) is 5.91 Å². The fourth-order valence-corrected chi connectivity index (χ4v) is 3.21. The van der Waals surface area contributed by atoms with Gasteiger partial charge >= 0.3 is 6.09 Å². The molecule has 8 nitrogen and oxygen atoms in total. The van der Waals surface area contributed by atoms with Crippen molar-refractivity contribution in [3.05, 3.63) is 0 Å². The Bertz CT molecular complexity index is 565. The molecule has 168 valence electrons. The summed E-state index contributed by atoms with van der Waals surface area (Å²) in [5, 5.41) is 5.43. The molecule has 0 radical (unpaired) electrons. The zero-order valence-electron chi connectivity index (χ0n) is 18.4. The van der Waals surface area contributed by atoms with Gasteiger partial charge in [-0.05, 0) is 51.4 Å². The van der Waals surface area contributed by atoms with Crippen LogP contribution in [-0.4, -0.2) is 54.5 Å². The van der Waals surface area contributed by atoms with Gasteiger partial charge in [-0.25, -0.2) is 10.3 Å². The number of carbonyl (C=O) groups excluding carboxylic acids is 3. The van der Waals surface area contributed by atoms with Crippen molar-refractivity contribution in [2.75, 3.05) is 19.0 Å². The molecule has 0 aromatic heterocycles. The average molecular weight is 434 g/mol. The summed E-state index contributed by atoms with van der Waals surface area (Å²) in [5.74, 6) is -0.747. The standard InChI is InChI=1S/C20H36ClN3O5/c1-19(2,3)10-15(24-18(27)29-20(4,5)6)17(26)23-14(16(25)11-21)9-13-7-8-22-28-12-13/h13-15,22H,7-12H2,1-6H3,(H,23,26)(H,24,27)/t13?,14?,15-/m0/s1. The van der Waals surface area contributed by atoms with Crippen LogP contribution >= 0.6 is 11.6 Å². The van der Waals surface area contributed by atoms with Gasteiger partial charge in [0, 0.05) is 6.54 Å². The van der Waals surface area contributed by atoms with Crippen molar-refractivity contribution in [2.45, 2.75) is 78.5 Å². The molecule has 3 atom stereocenters. The maximum Gasteiger partial charge on any atom is 0.408 e. The Labute approximate surface area is 178 Å². The van der Waals surface area contributed by atoms with Crippen LogP contribution in [0.25, 0.3) is 0 Å². The van der Waals surface area contributed by atoms with E-state index < -0.39 is 29.7 Å². The normalized spacial score (nSPS) is 19.8. The molecule has 29 heavy (non-hydrogen) atoms. The Hall–Kier alpha value is -1.38. The third kappa shape index (κ3) is 10.8. The largest absolute Gasteiger partial charge is 0.444 e. The van der Waals surface area contributed by atoms with Crippen LogP contribution in [-0.2, 0) is 19.2 Å². The number of nitrogens with one attached hydrogen (secondary N) is 3. The summed E-state index contributed by atoms with van der Waals surface area (Å²) in [4.78, 5) is 42.8. The second kappa shape index (κ2) is 11.1. The summed E-state index contributed by atoms with van der Waals surface area (Å²) in [5.41, 5.74) is 1.88. The van der Waals surface area contributed by atoms with Crippen LogP contribution in [0.2, 0.25) is 0 Å². The number of alkyl halides is 1. The molecule has 9 heteroatoms. The second-order valence-corrected chi connectivity index (χ2v) is 9.99. The van der Waals surface area contributed by atoms with E-state index in [1.165, 1.54) is 0 Å².